The molecular formula is C14H15Br2FN2S. The summed E-state index contributed by atoms with van der Waals surface area (Å²) in [5.74, 6) is -0.255. The van der Waals surface area contributed by atoms with Crippen molar-refractivity contribution in [1.82, 2.24) is 4.90 Å². The second-order valence-electron chi connectivity index (χ2n) is 4.57. The Kier molecular flexibility index (Phi) is 5.74. The van der Waals surface area contributed by atoms with Gasteiger partial charge in [-0.15, -0.1) is 11.3 Å². The minimum Gasteiger partial charge on any atom is -0.329 e. The molecule has 2 aromatic rings. The lowest BCUT2D eigenvalue weighted by atomic mass is 10.1. The Labute approximate surface area is 139 Å². The maximum absolute atomic E-state index is 13.3. The standard InChI is InChI=1S/C14H15Br2FN2S/c1-19(7-11-5-10(15)8-20-11)14(6-18)9-2-3-13(17)12(16)4-9/h2-5,8,14H,6-7,18H2,1H3. The van der Waals surface area contributed by atoms with Gasteiger partial charge in [0, 0.05) is 33.9 Å². The molecule has 1 aromatic carbocycles. The van der Waals surface area contributed by atoms with Crippen molar-refractivity contribution in [2.45, 2.75) is 12.6 Å². The van der Waals surface area contributed by atoms with Crippen LogP contribution in [0.5, 0.6) is 0 Å². The molecule has 2 rings (SSSR count). The van der Waals surface area contributed by atoms with Gasteiger partial charge in [-0.3, -0.25) is 4.90 Å². The fourth-order valence-corrected chi connectivity index (χ4v) is 3.99. The van der Waals surface area contributed by atoms with Crippen molar-refractivity contribution in [3.63, 3.8) is 0 Å². The molecule has 0 radical (unpaired) electrons. The molecule has 1 aromatic heterocycles. The summed E-state index contributed by atoms with van der Waals surface area (Å²) in [4.78, 5) is 3.44. The van der Waals surface area contributed by atoms with E-state index in [2.05, 4.69) is 48.2 Å². The van der Waals surface area contributed by atoms with Crippen LogP contribution in [0.25, 0.3) is 0 Å². The van der Waals surface area contributed by atoms with E-state index in [-0.39, 0.29) is 11.9 Å². The van der Waals surface area contributed by atoms with Gasteiger partial charge in [0.15, 0.2) is 0 Å². The van der Waals surface area contributed by atoms with Crippen LogP contribution in [0, 0.1) is 5.82 Å². The van der Waals surface area contributed by atoms with Crippen molar-refractivity contribution in [3.8, 4) is 0 Å². The van der Waals surface area contributed by atoms with Crippen LogP contribution in [0.3, 0.4) is 0 Å². The maximum atomic E-state index is 13.3. The fraction of sp³-hybridized carbons (Fsp3) is 0.286. The second kappa shape index (κ2) is 7.13. The number of benzene rings is 1. The third-order valence-electron chi connectivity index (χ3n) is 3.11. The van der Waals surface area contributed by atoms with E-state index in [0.29, 0.717) is 11.0 Å². The summed E-state index contributed by atoms with van der Waals surface area (Å²) in [6.45, 7) is 1.30. The summed E-state index contributed by atoms with van der Waals surface area (Å²) in [5, 5.41) is 2.06. The Balaban J connectivity index is 2.16. The predicted octanol–water partition coefficient (Wildman–Crippen LogP) is 4.54. The van der Waals surface area contributed by atoms with Gasteiger partial charge in [-0.25, -0.2) is 4.39 Å². The number of hydrogen-bond donors (Lipinski definition) is 1. The molecule has 1 heterocycles. The van der Waals surface area contributed by atoms with E-state index in [1.165, 1.54) is 10.9 Å². The SMILES string of the molecule is CN(Cc1cc(Br)cs1)C(CN)c1ccc(F)c(Br)c1. The minimum absolute atomic E-state index is 0.0628. The fourth-order valence-electron chi connectivity index (χ4n) is 2.08. The lowest BCUT2D eigenvalue weighted by Gasteiger charge is -2.27. The molecule has 6 heteroatoms. The highest BCUT2D eigenvalue weighted by Gasteiger charge is 2.17. The largest absolute Gasteiger partial charge is 0.329 e. The molecule has 0 saturated carbocycles. The molecule has 1 unspecified atom stereocenters. The molecule has 1 atom stereocenters. The molecule has 0 aliphatic carbocycles. The summed E-state index contributed by atoms with van der Waals surface area (Å²) >= 11 is 8.39. The van der Waals surface area contributed by atoms with E-state index in [1.54, 1.807) is 23.5 Å². The number of thiophene rings is 1. The van der Waals surface area contributed by atoms with Crippen LogP contribution >= 0.6 is 43.2 Å². The Bertz CT molecular complexity index is 588. The first-order valence-electron chi connectivity index (χ1n) is 6.09. The topological polar surface area (TPSA) is 29.3 Å². The molecule has 0 bridgehead atoms. The Morgan fingerprint density at radius 2 is 2.10 bits per heavy atom. The average Bonchev–Trinajstić information content (AvgIpc) is 2.80. The van der Waals surface area contributed by atoms with Gasteiger partial charge in [-0.2, -0.15) is 0 Å². The Morgan fingerprint density at radius 3 is 2.65 bits per heavy atom. The van der Waals surface area contributed by atoms with E-state index in [1.807, 2.05) is 7.05 Å². The average molecular weight is 422 g/mol. The highest BCUT2D eigenvalue weighted by molar-refractivity contribution is 9.10. The lowest BCUT2D eigenvalue weighted by Crippen LogP contribution is -2.30. The number of rotatable bonds is 5. The highest BCUT2D eigenvalue weighted by atomic mass is 79.9. The number of likely N-dealkylation sites (N-methyl/N-ethyl adjacent to an activating group) is 1. The molecule has 108 valence electrons. The van der Waals surface area contributed by atoms with E-state index < -0.39 is 0 Å². The van der Waals surface area contributed by atoms with Crippen molar-refractivity contribution >= 4 is 43.2 Å². The molecule has 0 fully saturated rings. The van der Waals surface area contributed by atoms with Crippen LogP contribution < -0.4 is 5.73 Å². The summed E-state index contributed by atoms with van der Waals surface area (Å²) < 4.78 is 14.9. The number of halogens is 3. The second-order valence-corrected chi connectivity index (χ2v) is 7.34. The molecule has 2 nitrogen and oxygen atoms in total. The Morgan fingerprint density at radius 1 is 1.35 bits per heavy atom. The molecule has 0 aliphatic rings. The van der Waals surface area contributed by atoms with Crippen molar-refractivity contribution < 1.29 is 4.39 Å². The van der Waals surface area contributed by atoms with E-state index >= 15 is 0 Å². The van der Waals surface area contributed by atoms with Gasteiger partial charge in [0.05, 0.1) is 4.47 Å². The zero-order valence-corrected chi connectivity index (χ0v) is 14.9. The van der Waals surface area contributed by atoms with E-state index in [9.17, 15) is 4.39 Å². The third-order valence-corrected chi connectivity index (χ3v) is 5.40. The van der Waals surface area contributed by atoms with Crippen LogP contribution in [-0.4, -0.2) is 18.5 Å². The van der Waals surface area contributed by atoms with Gasteiger partial charge < -0.3 is 5.73 Å². The summed E-state index contributed by atoms with van der Waals surface area (Å²) in [6, 6.07) is 7.23. The van der Waals surface area contributed by atoms with Crippen molar-refractivity contribution in [2.24, 2.45) is 5.73 Å². The van der Waals surface area contributed by atoms with Gasteiger partial charge in [0.25, 0.3) is 0 Å². The van der Waals surface area contributed by atoms with Crippen LogP contribution in [0.15, 0.2) is 38.6 Å². The van der Waals surface area contributed by atoms with Crippen molar-refractivity contribution in [1.29, 1.82) is 0 Å². The van der Waals surface area contributed by atoms with Gasteiger partial charge >= 0.3 is 0 Å². The minimum atomic E-state index is -0.255. The van der Waals surface area contributed by atoms with Crippen molar-refractivity contribution in [3.05, 3.63) is 54.8 Å². The predicted molar refractivity (Wildman–Crippen MR) is 89.4 cm³/mol. The summed E-state index contributed by atoms with van der Waals surface area (Å²) in [5.41, 5.74) is 6.91. The molecule has 0 spiro atoms. The number of nitrogens with zero attached hydrogens (tertiary/aromatic N) is 1. The molecule has 2 N–H and O–H groups in total. The molecule has 0 saturated heterocycles. The van der Waals surface area contributed by atoms with Gasteiger partial charge in [-0.1, -0.05) is 6.07 Å². The van der Waals surface area contributed by atoms with Crippen LogP contribution in [-0.2, 0) is 6.54 Å². The van der Waals surface area contributed by atoms with Crippen LogP contribution in [0.4, 0.5) is 4.39 Å². The monoisotopic (exact) mass is 420 g/mol. The maximum Gasteiger partial charge on any atom is 0.137 e. The first-order chi connectivity index (χ1) is 9.51. The molecular weight excluding hydrogens is 407 g/mol. The van der Waals surface area contributed by atoms with Crippen LogP contribution in [0.1, 0.15) is 16.5 Å². The quantitative estimate of drug-likeness (QED) is 0.767. The van der Waals surface area contributed by atoms with Crippen LogP contribution in [0.2, 0.25) is 0 Å². The first-order valence-corrected chi connectivity index (χ1v) is 8.56. The van der Waals surface area contributed by atoms with E-state index in [0.717, 1.165) is 16.6 Å². The summed E-state index contributed by atoms with van der Waals surface area (Å²) in [7, 11) is 2.03. The molecule has 20 heavy (non-hydrogen) atoms. The number of hydrogen-bond acceptors (Lipinski definition) is 3. The van der Waals surface area contributed by atoms with Gasteiger partial charge in [0.1, 0.15) is 5.82 Å². The van der Waals surface area contributed by atoms with Gasteiger partial charge in [0.2, 0.25) is 0 Å². The molecule has 0 amide bonds. The zero-order valence-electron chi connectivity index (χ0n) is 10.9. The normalized spacial score (nSPS) is 12.9. The Hall–Kier alpha value is -0.270. The third kappa shape index (κ3) is 3.89. The van der Waals surface area contributed by atoms with Gasteiger partial charge in [-0.05, 0) is 62.7 Å². The first kappa shape index (κ1) is 16.1. The lowest BCUT2D eigenvalue weighted by molar-refractivity contribution is 0.243. The molecule has 0 aliphatic heterocycles. The van der Waals surface area contributed by atoms with Crippen molar-refractivity contribution in [2.75, 3.05) is 13.6 Å². The summed E-state index contributed by atoms with van der Waals surface area (Å²) in [6.07, 6.45) is 0. The highest BCUT2D eigenvalue weighted by Crippen LogP contribution is 2.27. The van der Waals surface area contributed by atoms with E-state index in [4.69, 9.17) is 5.73 Å². The number of nitrogens with two attached hydrogens (primary N) is 1. The smallest absolute Gasteiger partial charge is 0.137 e. The zero-order chi connectivity index (χ0) is 14.7.